The Morgan fingerprint density at radius 3 is 2.82 bits per heavy atom. The molecule has 0 aliphatic carbocycles. The van der Waals surface area contributed by atoms with Crippen molar-refractivity contribution in [2.24, 2.45) is 0 Å². The molecule has 1 aliphatic rings. The normalized spacial score (nSPS) is 30.9. The van der Waals surface area contributed by atoms with Crippen molar-refractivity contribution >= 4 is 11.6 Å². The van der Waals surface area contributed by atoms with Crippen molar-refractivity contribution in [3.8, 4) is 11.8 Å². The number of nitrogens with zero attached hydrogens (tertiary/aromatic N) is 1. The predicted octanol–water partition coefficient (Wildman–Crippen LogP) is -1.12. The van der Waals surface area contributed by atoms with Crippen LogP contribution in [0.2, 0.25) is 0 Å². The van der Waals surface area contributed by atoms with E-state index in [0.717, 1.165) is 0 Å². The average Bonchev–Trinajstić information content (AvgIpc) is 2.73. The molecule has 0 saturated carbocycles. The molecule has 1 fully saturated rings. The standard InChI is InChI=1S/C12H11ClF2N2O5/c13-12(2-1-3-14)8(19)7(5-18)22-10(12)17-4-6(15)9(20)16-11(17)21/h4,7-8,10,18-19H,3,5H2,(H,16,20,21)/t7?,8-,10?,12?/m0/s1. The van der Waals surface area contributed by atoms with Crippen molar-refractivity contribution in [3.05, 3.63) is 32.9 Å². The van der Waals surface area contributed by atoms with Gasteiger partial charge >= 0.3 is 5.69 Å². The molecule has 3 unspecified atom stereocenters. The lowest BCUT2D eigenvalue weighted by Gasteiger charge is -2.25. The summed E-state index contributed by atoms with van der Waals surface area (Å²) in [5.41, 5.74) is -2.30. The molecule has 3 N–H and O–H groups in total. The second-order valence-electron chi connectivity index (χ2n) is 4.50. The van der Waals surface area contributed by atoms with Gasteiger partial charge in [0, 0.05) is 0 Å². The maximum absolute atomic E-state index is 13.4. The van der Waals surface area contributed by atoms with E-state index in [1.807, 2.05) is 5.92 Å². The third-order valence-electron chi connectivity index (χ3n) is 3.15. The topological polar surface area (TPSA) is 105 Å². The highest BCUT2D eigenvalue weighted by molar-refractivity contribution is 6.27. The van der Waals surface area contributed by atoms with Crippen molar-refractivity contribution in [1.82, 2.24) is 9.55 Å². The number of hydrogen-bond acceptors (Lipinski definition) is 5. The molecule has 0 amide bonds. The third kappa shape index (κ3) is 2.66. The first-order chi connectivity index (χ1) is 10.3. The minimum atomic E-state index is -2.01. The molecule has 0 radical (unpaired) electrons. The number of aliphatic hydroxyl groups is 2. The van der Waals surface area contributed by atoms with Crippen LogP contribution in [0.4, 0.5) is 8.78 Å². The second kappa shape index (κ2) is 6.18. The summed E-state index contributed by atoms with van der Waals surface area (Å²) in [7, 11) is 0. The number of halogens is 3. The van der Waals surface area contributed by atoms with Crippen LogP contribution < -0.4 is 11.2 Å². The predicted molar refractivity (Wildman–Crippen MR) is 70.6 cm³/mol. The number of aromatic nitrogens is 2. The summed E-state index contributed by atoms with van der Waals surface area (Å²) in [6, 6.07) is 0. The molecule has 1 aliphatic heterocycles. The average molecular weight is 337 g/mol. The smallest absolute Gasteiger partial charge is 0.330 e. The summed E-state index contributed by atoms with van der Waals surface area (Å²) in [5.74, 6) is 2.92. The zero-order valence-electron chi connectivity index (χ0n) is 10.9. The van der Waals surface area contributed by atoms with Crippen molar-refractivity contribution in [3.63, 3.8) is 0 Å². The van der Waals surface area contributed by atoms with Gasteiger partial charge in [-0.3, -0.25) is 14.3 Å². The molecular formula is C12H11ClF2N2O5. The van der Waals surface area contributed by atoms with E-state index in [4.69, 9.17) is 21.4 Å². The first-order valence-corrected chi connectivity index (χ1v) is 6.43. The lowest BCUT2D eigenvalue weighted by molar-refractivity contribution is -0.0467. The summed E-state index contributed by atoms with van der Waals surface area (Å²) < 4.78 is 31.4. The summed E-state index contributed by atoms with van der Waals surface area (Å²) in [6.45, 7) is -1.74. The van der Waals surface area contributed by atoms with Gasteiger partial charge in [-0.15, -0.1) is 0 Å². The number of H-pyrrole nitrogens is 1. The second-order valence-corrected chi connectivity index (χ2v) is 5.13. The summed E-state index contributed by atoms with van der Waals surface area (Å²) in [5, 5.41) is 19.2. The van der Waals surface area contributed by atoms with E-state index in [9.17, 15) is 23.5 Å². The van der Waals surface area contributed by atoms with E-state index in [1.54, 1.807) is 4.98 Å². The quantitative estimate of drug-likeness (QED) is 0.468. The minimum Gasteiger partial charge on any atom is -0.394 e. The van der Waals surface area contributed by atoms with Crippen LogP contribution in [0.1, 0.15) is 6.23 Å². The van der Waals surface area contributed by atoms with Gasteiger partial charge in [-0.25, -0.2) is 9.18 Å². The number of nitrogens with one attached hydrogen (secondary N) is 1. The number of aliphatic hydroxyl groups excluding tert-OH is 2. The molecule has 1 aromatic rings. The summed E-state index contributed by atoms with van der Waals surface area (Å²) >= 11 is 6.14. The molecule has 2 rings (SSSR count). The highest BCUT2D eigenvalue weighted by atomic mass is 35.5. The molecule has 0 bridgehead atoms. The molecule has 1 aromatic heterocycles. The maximum Gasteiger partial charge on any atom is 0.330 e. The van der Waals surface area contributed by atoms with Gasteiger partial charge in [0.2, 0.25) is 5.82 Å². The fourth-order valence-corrected chi connectivity index (χ4v) is 2.47. The van der Waals surface area contributed by atoms with E-state index in [2.05, 4.69) is 5.92 Å². The molecular weight excluding hydrogens is 326 g/mol. The number of hydrogen-bond donors (Lipinski definition) is 3. The van der Waals surface area contributed by atoms with Crippen molar-refractivity contribution in [2.75, 3.05) is 13.3 Å². The van der Waals surface area contributed by atoms with Gasteiger partial charge in [0.05, 0.1) is 12.8 Å². The van der Waals surface area contributed by atoms with Gasteiger partial charge in [-0.1, -0.05) is 23.4 Å². The van der Waals surface area contributed by atoms with Crippen LogP contribution in [0, 0.1) is 17.7 Å². The monoisotopic (exact) mass is 336 g/mol. The first kappa shape index (κ1) is 16.6. The molecule has 2 heterocycles. The Labute approximate surface area is 127 Å². The Hall–Kier alpha value is -1.73. The Morgan fingerprint density at radius 2 is 2.23 bits per heavy atom. The van der Waals surface area contributed by atoms with Crippen LogP contribution in [0.25, 0.3) is 0 Å². The fourth-order valence-electron chi connectivity index (χ4n) is 2.11. The van der Waals surface area contributed by atoms with E-state index in [0.29, 0.717) is 10.8 Å². The molecule has 0 aromatic carbocycles. The van der Waals surface area contributed by atoms with Crippen LogP contribution >= 0.6 is 11.6 Å². The van der Waals surface area contributed by atoms with E-state index < -0.39 is 53.7 Å². The molecule has 7 nitrogen and oxygen atoms in total. The number of aromatic amines is 1. The molecule has 4 atom stereocenters. The largest absolute Gasteiger partial charge is 0.394 e. The van der Waals surface area contributed by atoms with E-state index in [-0.39, 0.29) is 0 Å². The van der Waals surface area contributed by atoms with Crippen LogP contribution in [0.5, 0.6) is 0 Å². The Kier molecular flexibility index (Phi) is 4.67. The Morgan fingerprint density at radius 1 is 1.55 bits per heavy atom. The zero-order valence-corrected chi connectivity index (χ0v) is 11.7. The summed E-state index contributed by atoms with van der Waals surface area (Å²) in [4.78, 5) is 22.5. The van der Waals surface area contributed by atoms with Gasteiger partial charge < -0.3 is 14.9 Å². The van der Waals surface area contributed by atoms with Gasteiger partial charge in [0.25, 0.3) is 5.56 Å². The van der Waals surface area contributed by atoms with Gasteiger partial charge in [-0.05, 0) is 0 Å². The van der Waals surface area contributed by atoms with Gasteiger partial charge in [-0.2, -0.15) is 4.39 Å². The van der Waals surface area contributed by atoms with Crippen LogP contribution in [0.15, 0.2) is 15.8 Å². The third-order valence-corrected chi connectivity index (χ3v) is 3.65. The molecule has 1 saturated heterocycles. The molecule has 10 heteroatoms. The number of rotatable bonds is 2. The minimum absolute atomic E-state index is 0.534. The number of ether oxygens (including phenoxy) is 1. The molecule has 120 valence electrons. The van der Waals surface area contributed by atoms with E-state index >= 15 is 0 Å². The van der Waals surface area contributed by atoms with Crippen molar-refractivity contribution < 1.29 is 23.7 Å². The zero-order chi connectivity index (χ0) is 16.5. The highest BCUT2D eigenvalue weighted by Gasteiger charge is 2.55. The van der Waals surface area contributed by atoms with Gasteiger partial charge in [0.15, 0.2) is 11.1 Å². The lowest BCUT2D eigenvalue weighted by atomic mass is 9.99. The van der Waals surface area contributed by atoms with Gasteiger partial charge in [0.1, 0.15) is 18.9 Å². The van der Waals surface area contributed by atoms with Crippen LogP contribution in [-0.4, -0.2) is 50.1 Å². The van der Waals surface area contributed by atoms with Crippen LogP contribution in [0.3, 0.4) is 0 Å². The van der Waals surface area contributed by atoms with Crippen molar-refractivity contribution in [1.29, 1.82) is 0 Å². The summed E-state index contributed by atoms with van der Waals surface area (Å²) in [6.07, 6.45) is -3.81. The Balaban J connectivity index is 2.59. The highest BCUT2D eigenvalue weighted by Crippen LogP contribution is 2.42. The molecule has 22 heavy (non-hydrogen) atoms. The fraction of sp³-hybridized carbons (Fsp3) is 0.500. The van der Waals surface area contributed by atoms with Crippen LogP contribution in [-0.2, 0) is 4.74 Å². The maximum atomic E-state index is 13.4. The number of alkyl halides is 2. The van der Waals surface area contributed by atoms with E-state index in [1.165, 1.54) is 0 Å². The first-order valence-electron chi connectivity index (χ1n) is 6.05. The Bertz CT molecular complexity index is 740. The lowest BCUT2D eigenvalue weighted by Crippen LogP contribution is -2.44. The molecule has 0 spiro atoms. The van der Waals surface area contributed by atoms with Crippen molar-refractivity contribution in [2.45, 2.75) is 23.3 Å². The SMILES string of the molecule is O=c1[nH]c(=O)n(C2OC(CO)[C@H](O)C2(Cl)C#CCF)cc1F.